The number of halogens is 3. The Balaban J connectivity index is 1.14. The predicted octanol–water partition coefficient (Wildman–Crippen LogP) is 8.13. The zero-order chi connectivity index (χ0) is 46.4. The Morgan fingerprint density at radius 1 is 0.985 bits per heavy atom. The first kappa shape index (κ1) is 45.8. The predicted molar refractivity (Wildman–Crippen MR) is 252 cm³/mol. The number of rotatable bonds is 9. The lowest BCUT2D eigenvalue weighted by molar-refractivity contribution is -0.145. The molecular formula is C48H50Cl2FN7O7S. The summed E-state index contributed by atoms with van der Waals surface area (Å²) >= 11 is 16.0. The molecule has 18 heteroatoms. The lowest BCUT2D eigenvalue weighted by Crippen LogP contribution is -2.65. The number of β-amino-alcohol motifs (C(OH)–C–C–N with tert-alkyl or cyclic N) is 1. The molecule has 6 aromatic rings. The van der Waals surface area contributed by atoms with E-state index in [0.29, 0.717) is 107 Å². The summed E-state index contributed by atoms with van der Waals surface area (Å²) in [6.07, 6.45) is 0.815. The van der Waals surface area contributed by atoms with Gasteiger partial charge in [-0.25, -0.2) is 29.1 Å². The van der Waals surface area contributed by atoms with Crippen molar-refractivity contribution < 1.29 is 38.3 Å². The van der Waals surface area contributed by atoms with Crippen LogP contribution in [0.3, 0.4) is 0 Å². The Bertz CT molecular complexity index is 2750. The quantitative estimate of drug-likeness (QED) is 0.143. The molecule has 3 aromatic heterocycles. The second-order valence-corrected chi connectivity index (χ2v) is 19.3. The standard InChI is InChI=1S/C48H50Cl2FN7O7S/c1-26(2)48(61)23-58(24-48)47-52-13-12-32(55-47)21-63-35-11-10-33-18-30(35)19-36(46(59)60)65-44-39-38(43(66-45(39)54-25-53-44)29-6-8-31(51)9-7-29)37-27(3)40(49)42(41(50)28(37)4)64-34(22-62-33)20-57-16-14-56(5)15-17-57/h6-13,18,25-26,34,36,61H,14-17,19-24H2,1-5H3,(H,59,60)/t34-,36-/m1/s1. The number of ether oxygens (including phenoxy) is 4. The molecule has 0 aliphatic carbocycles. The van der Waals surface area contributed by atoms with Crippen LogP contribution < -0.4 is 23.8 Å². The van der Waals surface area contributed by atoms with E-state index in [1.165, 1.54) is 29.8 Å². The molecule has 0 saturated carbocycles. The fourth-order valence-corrected chi connectivity index (χ4v) is 10.3. The van der Waals surface area contributed by atoms with Crippen molar-refractivity contribution in [3.8, 4) is 44.7 Å². The summed E-state index contributed by atoms with van der Waals surface area (Å²) in [7, 11) is 2.10. The van der Waals surface area contributed by atoms with Crippen molar-refractivity contribution >= 4 is 56.7 Å². The number of anilines is 1. The molecule has 2 saturated heterocycles. The highest BCUT2D eigenvalue weighted by molar-refractivity contribution is 7.22. The van der Waals surface area contributed by atoms with Gasteiger partial charge in [0.05, 0.1) is 34.2 Å². The van der Waals surface area contributed by atoms with Crippen LogP contribution >= 0.6 is 34.5 Å². The number of carboxylic acid groups (broad SMARTS) is 1. The van der Waals surface area contributed by atoms with Gasteiger partial charge in [0, 0.05) is 61.3 Å². The Labute approximate surface area is 395 Å². The summed E-state index contributed by atoms with van der Waals surface area (Å²) in [5, 5.41) is 22.7. The van der Waals surface area contributed by atoms with Crippen LogP contribution in [-0.2, 0) is 17.8 Å². The molecule has 4 aliphatic rings. The van der Waals surface area contributed by atoms with E-state index < -0.39 is 29.6 Å². The largest absolute Gasteiger partial charge is 0.490 e. The highest BCUT2D eigenvalue weighted by Gasteiger charge is 2.45. The van der Waals surface area contributed by atoms with Gasteiger partial charge >= 0.3 is 5.97 Å². The zero-order valence-corrected chi connectivity index (χ0v) is 39.5. The minimum Gasteiger partial charge on any atom is -0.490 e. The summed E-state index contributed by atoms with van der Waals surface area (Å²) < 4.78 is 40.6. The van der Waals surface area contributed by atoms with E-state index in [1.54, 1.807) is 42.6 Å². The van der Waals surface area contributed by atoms with Crippen LogP contribution in [0.5, 0.6) is 23.1 Å². The Morgan fingerprint density at radius 3 is 2.41 bits per heavy atom. The van der Waals surface area contributed by atoms with Gasteiger partial charge in [0.1, 0.15) is 53.4 Å². The minimum atomic E-state index is -1.47. The second-order valence-electron chi connectivity index (χ2n) is 17.6. The fourth-order valence-electron chi connectivity index (χ4n) is 8.60. The number of aliphatic carboxylic acids is 1. The number of nitrogens with zero attached hydrogens (tertiary/aromatic N) is 7. The van der Waals surface area contributed by atoms with Crippen LogP contribution in [0.15, 0.2) is 61.1 Å². The maximum absolute atomic E-state index is 14.4. The summed E-state index contributed by atoms with van der Waals surface area (Å²) in [6.45, 7) is 12.7. The first-order valence-electron chi connectivity index (χ1n) is 21.8. The number of likely N-dealkylation sites (N-methyl/N-ethyl adjacent to an activating group) is 1. The van der Waals surface area contributed by atoms with Gasteiger partial charge in [0.15, 0.2) is 5.75 Å². The molecule has 0 radical (unpaired) electrons. The second kappa shape index (κ2) is 18.7. The number of hydrogen-bond acceptors (Lipinski definition) is 14. The maximum Gasteiger partial charge on any atom is 0.345 e. The van der Waals surface area contributed by atoms with Crippen LogP contribution in [0.1, 0.15) is 36.2 Å². The number of fused-ring (bicyclic) bond motifs is 7. The molecule has 10 rings (SSSR count). The number of carboxylic acids is 1. The number of thiophene rings is 1. The van der Waals surface area contributed by atoms with E-state index in [0.717, 1.165) is 26.2 Å². The number of hydrogen-bond donors (Lipinski definition) is 2. The van der Waals surface area contributed by atoms with E-state index in [4.69, 9.17) is 47.1 Å². The third kappa shape index (κ3) is 9.19. The van der Waals surface area contributed by atoms with E-state index in [1.807, 2.05) is 32.6 Å². The molecule has 346 valence electrons. The molecule has 14 nitrogen and oxygen atoms in total. The normalized spacial score (nSPS) is 18.9. The van der Waals surface area contributed by atoms with Gasteiger partial charge in [-0.1, -0.05) is 49.2 Å². The molecule has 4 aliphatic heterocycles. The van der Waals surface area contributed by atoms with Gasteiger partial charge in [-0.3, -0.25) is 4.90 Å². The third-order valence-electron chi connectivity index (χ3n) is 12.7. The number of piperazine rings is 1. The van der Waals surface area contributed by atoms with Crippen LogP contribution in [0.2, 0.25) is 10.0 Å². The van der Waals surface area contributed by atoms with Gasteiger partial charge in [0.25, 0.3) is 0 Å². The lowest BCUT2D eigenvalue weighted by Gasteiger charge is -2.49. The average molecular weight is 959 g/mol. The van der Waals surface area contributed by atoms with Crippen LogP contribution in [0.25, 0.3) is 31.8 Å². The molecule has 2 atom stereocenters. The monoisotopic (exact) mass is 957 g/mol. The average Bonchev–Trinajstić information content (AvgIpc) is 3.67. The Kier molecular flexibility index (Phi) is 13.0. The van der Waals surface area contributed by atoms with Crippen LogP contribution in [-0.4, -0.2) is 123 Å². The SMILES string of the molecule is Cc1c(Cl)c2c(Cl)c(C)c1-c1c(-c3ccc(F)cc3)sc3ncnc(c13)O[C@@H](C(=O)O)Cc1cc(ccc1OCc1ccnc(N3CC(O)(C(C)C)C3)n1)OC[C@@H](CN1CCN(C)CC1)O2. The van der Waals surface area contributed by atoms with Crippen molar-refractivity contribution in [2.45, 2.75) is 58.5 Å². The summed E-state index contributed by atoms with van der Waals surface area (Å²) in [5.41, 5.74) is 3.53. The molecule has 3 aromatic carbocycles. The molecule has 7 heterocycles. The molecule has 0 unspecified atom stereocenters. The Morgan fingerprint density at radius 2 is 1.71 bits per heavy atom. The summed E-state index contributed by atoms with van der Waals surface area (Å²) in [6, 6.07) is 13.1. The van der Waals surface area contributed by atoms with Gasteiger partial charge < -0.3 is 39.0 Å². The molecule has 2 fully saturated rings. The molecule has 4 bridgehead atoms. The molecule has 66 heavy (non-hydrogen) atoms. The molecular weight excluding hydrogens is 909 g/mol. The number of carbonyl (C=O) groups is 1. The number of aromatic nitrogens is 4. The van der Waals surface area contributed by atoms with Crippen LogP contribution in [0.4, 0.5) is 10.3 Å². The van der Waals surface area contributed by atoms with Gasteiger partial charge in [0.2, 0.25) is 17.9 Å². The lowest BCUT2D eigenvalue weighted by atomic mass is 9.83. The maximum atomic E-state index is 14.4. The van der Waals surface area contributed by atoms with E-state index in [9.17, 15) is 19.4 Å². The summed E-state index contributed by atoms with van der Waals surface area (Å²) in [4.78, 5) is 39.4. The Hall–Kier alpha value is -5.36. The van der Waals surface area contributed by atoms with Gasteiger partial charge in [-0.15, -0.1) is 11.3 Å². The van der Waals surface area contributed by atoms with Gasteiger partial charge in [-0.05, 0) is 85.5 Å². The number of benzene rings is 3. The van der Waals surface area contributed by atoms with E-state index in [2.05, 4.69) is 31.8 Å². The molecule has 2 N–H and O–H groups in total. The molecule has 0 amide bonds. The van der Waals surface area contributed by atoms with E-state index >= 15 is 0 Å². The first-order chi connectivity index (χ1) is 31.6. The minimum absolute atomic E-state index is 0.0219. The molecule has 0 spiro atoms. The van der Waals surface area contributed by atoms with Crippen molar-refractivity contribution in [1.82, 2.24) is 29.7 Å². The van der Waals surface area contributed by atoms with Crippen LogP contribution in [0, 0.1) is 25.6 Å². The topological polar surface area (TPSA) is 156 Å². The highest BCUT2D eigenvalue weighted by atomic mass is 35.5. The van der Waals surface area contributed by atoms with E-state index in [-0.39, 0.29) is 31.4 Å². The van der Waals surface area contributed by atoms with Gasteiger partial charge in [-0.2, -0.15) is 0 Å². The smallest absolute Gasteiger partial charge is 0.345 e. The highest BCUT2D eigenvalue weighted by Crippen LogP contribution is 2.53. The van der Waals surface area contributed by atoms with Crippen molar-refractivity contribution in [2.75, 3.05) is 64.4 Å². The van der Waals surface area contributed by atoms with Crippen molar-refractivity contribution in [2.24, 2.45) is 5.92 Å². The van der Waals surface area contributed by atoms with Crippen molar-refractivity contribution in [1.29, 1.82) is 0 Å². The first-order valence-corrected chi connectivity index (χ1v) is 23.4. The van der Waals surface area contributed by atoms with Crippen molar-refractivity contribution in [3.63, 3.8) is 0 Å². The number of aliphatic hydroxyl groups is 1. The zero-order valence-electron chi connectivity index (χ0n) is 37.2. The third-order valence-corrected chi connectivity index (χ3v) is 14.8. The summed E-state index contributed by atoms with van der Waals surface area (Å²) in [5.74, 6) is 0.0999. The fraction of sp³-hybridized carbons (Fsp3) is 0.396. The van der Waals surface area contributed by atoms with Crippen molar-refractivity contribution in [3.05, 3.63) is 99.3 Å².